The summed E-state index contributed by atoms with van der Waals surface area (Å²) in [7, 11) is 0. The molecule has 1 aliphatic rings. The number of benzene rings is 1. The molecule has 0 radical (unpaired) electrons. The lowest BCUT2D eigenvalue weighted by Gasteiger charge is -2.34. The van der Waals surface area contributed by atoms with E-state index in [-0.39, 0.29) is 6.10 Å². The Bertz CT molecular complexity index is 601. The molecule has 0 amide bonds. The monoisotopic (exact) mass is 314 g/mol. The molecule has 0 spiro atoms. The summed E-state index contributed by atoms with van der Waals surface area (Å²) in [6.07, 6.45) is 3.24. The average molecular weight is 314 g/mol. The van der Waals surface area contributed by atoms with Crippen LogP contribution in [0.1, 0.15) is 55.7 Å². The number of hydrogen-bond acceptors (Lipinski definition) is 4. The molecule has 1 unspecified atom stereocenters. The lowest BCUT2D eigenvalue weighted by Crippen LogP contribution is -2.35. The maximum absolute atomic E-state index is 10.6. The fourth-order valence-electron chi connectivity index (χ4n) is 3.43. The number of aliphatic hydroxyl groups is 1. The van der Waals surface area contributed by atoms with E-state index < -0.39 is 0 Å². The lowest BCUT2D eigenvalue weighted by atomic mass is 9.87. The average Bonchev–Trinajstić information content (AvgIpc) is 3.04. The molecule has 4 heteroatoms. The van der Waals surface area contributed by atoms with Crippen LogP contribution in [0.3, 0.4) is 0 Å². The van der Waals surface area contributed by atoms with E-state index >= 15 is 0 Å². The fraction of sp³-hybridized carbons (Fsp3) is 0.526. The summed E-state index contributed by atoms with van der Waals surface area (Å²) in [5, 5.41) is 10.6. The van der Waals surface area contributed by atoms with Gasteiger partial charge in [-0.2, -0.15) is 0 Å². The van der Waals surface area contributed by atoms with Gasteiger partial charge < -0.3 is 9.52 Å². The molecule has 124 valence electrons. The van der Waals surface area contributed by atoms with Crippen molar-refractivity contribution >= 4 is 0 Å². The molecular weight excluding hydrogens is 288 g/mol. The first-order valence-corrected chi connectivity index (χ1v) is 8.52. The Kier molecular flexibility index (Phi) is 5.13. The Labute approximate surface area is 138 Å². The van der Waals surface area contributed by atoms with Crippen LogP contribution in [0.4, 0.5) is 0 Å². The predicted molar refractivity (Wildman–Crippen MR) is 90.0 cm³/mol. The highest BCUT2D eigenvalue weighted by Gasteiger charge is 2.27. The van der Waals surface area contributed by atoms with Crippen LogP contribution in [0, 0.1) is 5.92 Å². The van der Waals surface area contributed by atoms with E-state index in [2.05, 4.69) is 23.7 Å². The number of piperidine rings is 1. The van der Waals surface area contributed by atoms with Gasteiger partial charge in [0.1, 0.15) is 5.76 Å². The molecule has 0 bridgehead atoms. The van der Waals surface area contributed by atoms with E-state index in [1.807, 2.05) is 30.3 Å². The van der Waals surface area contributed by atoms with Crippen LogP contribution in [-0.2, 0) is 6.54 Å². The maximum atomic E-state index is 10.6. The summed E-state index contributed by atoms with van der Waals surface area (Å²) in [6, 6.07) is 10.0. The van der Waals surface area contributed by atoms with Crippen molar-refractivity contribution in [2.75, 3.05) is 13.1 Å². The number of hydrogen-bond donors (Lipinski definition) is 1. The van der Waals surface area contributed by atoms with Crippen LogP contribution in [0.5, 0.6) is 0 Å². The van der Waals surface area contributed by atoms with Crippen molar-refractivity contribution in [2.24, 2.45) is 5.92 Å². The van der Waals surface area contributed by atoms with Gasteiger partial charge in [-0.3, -0.25) is 4.90 Å². The van der Waals surface area contributed by atoms with Crippen molar-refractivity contribution in [1.29, 1.82) is 0 Å². The highest BCUT2D eigenvalue weighted by Crippen LogP contribution is 2.31. The van der Waals surface area contributed by atoms with Crippen LogP contribution >= 0.6 is 0 Å². The minimum atomic E-state index is -0.350. The first kappa shape index (κ1) is 16.2. The van der Waals surface area contributed by atoms with Gasteiger partial charge in [-0.25, -0.2) is 4.98 Å². The maximum Gasteiger partial charge on any atom is 0.181 e. The molecule has 2 aromatic rings. The third kappa shape index (κ3) is 3.82. The summed E-state index contributed by atoms with van der Waals surface area (Å²) >= 11 is 0. The molecule has 3 rings (SSSR count). The molecule has 4 nitrogen and oxygen atoms in total. The van der Waals surface area contributed by atoms with E-state index in [1.165, 1.54) is 0 Å². The summed E-state index contributed by atoms with van der Waals surface area (Å²) in [4.78, 5) is 6.79. The number of nitrogens with zero attached hydrogens (tertiary/aromatic N) is 2. The molecule has 0 saturated carbocycles. The summed E-state index contributed by atoms with van der Waals surface area (Å²) in [5.74, 6) is 1.71. The van der Waals surface area contributed by atoms with E-state index in [0.29, 0.717) is 11.8 Å². The first-order chi connectivity index (χ1) is 11.1. The second kappa shape index (κ2) is 7.28. The highest BCUT2D eigenvalue weighted by molar-refractivity contribution is 5.18. The van der Waals surface area contributed by atoms with Crippen LogP contribution in [0.15, 0.2) is 41.1 Å². The fourth-order valence-corrected chi connectivity index (χ4v) is 3.43. The minimum absolute atomic E-state index is 0.343. The normalized spacial score (nSPS) is 18.4. The largest absolute Gasteiger partial charge is 0.448 e. The van der Waals surface area contributed by atoms with E-state index in [9.17, 15) is 5.11 Å². The second-order valence-corrected chi connectivity index (χ2v) is 6.79. The third-order valence-corrected chi connectivity index (χ3v) is 4.79. The molecule has 2 heterocycles. The van der Waals surface area contributed by atoms with Crippen molar-refractivity contribution in [3.8, 4) is 0 Å². The lowest BCUT2D eigenvalue weighted by molar-refractivity contribution is 0.0563. The van der Waals surface area contributed by atoms with E-state index in [1.54, 1.807) is 6.39 Å². The molecule has 0 aliphatic carbocycles. The van der Waals surface area contributed by atoms with Gasteiger partial charge in [-0.15, -0.1) is 0 Å². The minimum Gasteiger partial charge on any atom is -0.448 e. The van der Waals surface area contributed by atoms with Crippen LogP contribution < -0.4 is 0 Å². The summed E-state index contributed by atoms with van der Waals surface area (Å²) in [6.45, 7) is 7.11. The zero-order valence-corrected chi connectivity index (χ0v) is 14.0. The Hall–Kier alpha value is -1.65. The van der Waals surface area contributed by atoms with Gasteiger partial charge in [0.25, 0.3) is 0 Å². The Morgan fingerprint density at radius 3 is 2.57 bits per heavy atom. The van der Waals surface area contributed by atoms with Crippen LogP contribution in [-0.4, -0.2) is 28.1 Å². The zero-order chi connectivity index (χ0) is 16.2. The quantitative estimate of drug-likeness (QED) is 0.913. The Morgan fingerprint density at radius 1 is 1.22 bits per heavy atom. The van der Waals surface area contributed by atoms with Gasteiger partial charge >= 0.3 is 0 Å². The molecule has 1 atom stereocenters. The van der Waals surface area contributed by atoms with Gasteiger partial charge in [0.05, 0.1) is 11.8 Å². The van der Waals surface area contributed by atoms with Crippen molar-refractivity contribution in [3.05, 3.63) is 53.7 Å². The number of aromatic nitrogens is 1. The van der Waals surface area contributed by atoms with Gasteiger partial charge in [0.15, 0.2) is 6.39 Å². The number of rotatable bonds is 5. The van der Waals surface area contributed by atoms with Gasteiger partial charge in [0.2, 0.25) is 0 Å². The van der Waals surface area contributed by atoms with Gasteiger partial charge in [0, 0.05) is 12.5 Å². The topological polar surface area (TPSA) is 49.5 Å². The Morgan fingerprint density at radius 2 is 1.91 bits per heavy atom. The smallest absolute Gasteiger partial charge is 0.181 e. The standard InChI is InChI=1S/C19H26N2O2/c1-14(2)19-17(20-13-23-19)12-21-10-8-16(9-11-21)18(22)15-6-4-3-5-7-15/h3-7,13-14,16,18,22H,8-12H2,1-2H3. The summed E-state index contributed by atoms with van der Waals surface area (Å²) in [5.41, 5.74) is 2.09. The zero-order valence-electron chi connectivity index (χ0n) is 14.0. The van der Waals surface area contributed by atoms with Crippen molar-refractivity contribution < 1.29 is 9.52 Å². The molecular formula is C19H26N2O2. The summed E-state index contributed by atoms with van der Waals surface area (Å²) < 4.78 is 5.51. The molecule has 23 heavy (non-hydrogen) atoms. The predicted octanol–water partition coefficient (Wildman–Crippen LogP) is 3.74. The number of oxazole rings is 1. The molecule has 1 N–H and O–H groups in total. The van der Waals surface area contributed by atoms with E-state index in [4.69, 9.17) is 4.42 Å². The van der Waals surface area contributed by atoms with Crippen LogP contribution in [0.25, 0.3) is 0 Å². The van der Waals surface area contributed by atoms with Gasteiger partial charge in [-0.05, 0) is 37.4 Å². The molecule has 1 aromatic heterocycles. The van der Waals surface area contributed by atoms with Crippen molar-refractivity contribution in [2.45, 2.75) is 45.3 Å². The Balaban J connectivity index is 1.55. The number of likely N-dealkylation sites (tertiary alicyclic amines) is 1. The second-order valence-electron chi connectivity index (χ2n) is 6.79. The molecule has 1 saturated heterocycles. The van der Waals surface area contributed by atoms with Crippen LogP contribution in [0.2, 0.25) is 0 Å². The van der Waals surface area contributed by atoms with Crippen molar-refractivity contribution in [1.82, 2.24) is 9.88 Å². The SMILES string of the molecule is CC(C)c1ocnc1CN1CCC(C(O)c2ccccc2)CC1. The van der Waals surface area contributed by atoms with Crippen molar-refractivity contribution in [3.63, 3.8) is 0 Å². The highest BCUT2D eigenvalue weighted by atomic mass is 16.3. The third-order valence-electron chi connectivity index (χ3n) is 4.79. The molecule has 1 aliphatic heterocycles. The van der Waals surface area contributed by atoms with Gasteiger partial charge in [-0.1, -0.05) is 44.2 Å². The molecule has 1 fully saturated rings. The van der Waals surface area contributed by atoms with E-state index in [0.717, 1.165) is 49.5 Å². The number of aliphatic hydroxyl groups excluding tert-OH is 1. The first-order valence-electron chi connectivity index (χ1n) is 8.52. The molecule has 1 aromatic carbocycles.